The summed E-state index contributed by atoms with van der Waals surface area (Å²) in [6.45, 7) is 2.91. The second-order valence-corrected chi connectivity index (χ2v) is 4.93. The number of rotatable bonds is 4. The molecular formula is C12H22N2O2. The first-order valence-electron chi connectivity index (χ1n) is 6.33. The van der Waals surface area contributed by atoms with Crippen molar-refractivity contribution in [1.82, 2.24) is 10.2 Å². The lowest BCUT2D eigenvalue weighted by Gasteiger charge is -2.30. The van der Waals surface area contributed by atoms with E-state index in [0.29, 0.717) is 6.61 Å². The maximum absolute atomic E-state index is 12.0. The van der Waals surface area contributed by atoms with Crippen LogP contribution in [-0.2, 0) is 9.53 Å². The highest BCUT2D eigenvalue weighted by atomic mass is 16.5. The lowest BCUT2D eigenvalue weighted by Crippen LogP contribution is -2.51. The standard InChI is InChI=1S/C12H22N2O2/c1-14(7-5-10-3-2-4-10)12(15)11-9-16-8-6-13-11/h10-11,13H,2-9H2,1H3. The van der Waals surface area contributed by atoms with Gasteiger partial charge in [-0.15, -0.1) is 0 Å². The highest BCUT2D eigenvalue weighted by molar-refractivity contribution is 5.81. The lowest BCUT2D eigenvalue weighted by atomic mass is 9.83. The lowest BCUT2D eigenvalue weighted by molar-refractivity contribution is -0.135. The summed E-state index contributed by atoms with van der Waals surface area (Å²) < 4.78 is 5.30. The largest absolute Gasteiger partial charge is 0.378 e. The van der Waals surface area contributed by atoms with Gasteiger partial charge in [-0.3, -0.25) is 4.79 Å². The summed E-state index contributed by atoms with van der Waals surface area (Å²) >= 11 is 0. The highest BCUT2D eigenvalue weighted by Gasteiger charge is 2.25. The van der Waals surface area contributed by atoms with Crippen LogP contribution in [0.2, 0.25) is 0 Å². The predicted molar refractivity (Wildman–Crippen MR) is 62.2 cm³/mol. The molecular weight excluding hydrogens is 204 g/mol. The second kappa shape index (κ2) is 5.64. The molecule has 0 aromatic rings. The van der Waals surface area contributed by atoms with Gasteiger partial charge in [-0.05, 0) is 12.3 Å². The number of nitrogens with zero attached hydrogens (tertiary/aromatic N) is 1. The Balaban J connectivity index is 1.69. The van der Waals surface area contributed by atoms with Crippen LogP contribution in [0.1, 0.15) is 25.7 Å². The van der Waals surface area contributed by atoms with Crippen LogP contribution < -0.4 is 5.32 Å². The summed E-state index contributed by atoms with van der Waals surface area (Å²) in [7, 11) is 1.90. The van der Waals surface area contributed by atoms with Gasteiger partial charge in [0.25, 0.3) is 0 Å². The number of ether oxygens (including phenoxy) is 1. The first kappa shape index (κ1) is 11.9. The van der Waals surface area contributed by atoms with E-state index >= 15 is 0 Å². The average molecular weight is 226 g/mol. The van der Waals surface area contributed by atoms with Crippen molar-refractivity contribution in [3.8, 4) is 0 Å². The quantitative estimate of drug-likeness (QED) is 0.764. The van der Waals surface area contributed by atoms with Gasteiger partial charge in [-0.1, -0.05) is 19.3 Å². The molecule has 1 amide bonds. The highest BCUT2D eigenvalue weighted by Crippen LogP contribution is 2.29. The molecule has 1 unspecified atom stereocenters. The molecule has 1 atom stereocenters. The molecule has 1 saturated carbocycles. The third kappa shape index (κ3) is 2.95. The molecule has 1 saturated heterocycles. The molecule has 2 rings (SSSR count). The summed E-state index contributed by atoms with van der Waals surface area (Å²) in [5.74, 6) is 1.05. The summed E-state index contributed by atoms with van der Waals surface area (Å²) in [6.07, 6.45) is 5.25. The molecule has 92 valence electrons. The molecule has 1 aliphatic carbocycles. The molecule has 0 spiro atoms. The zero-order valence-electron chi connectivity index (χ0n) is 10.1. The fraction of sp³-hybridized carbons (Fsp3) is 0.917. The van der Waals surface area contributed by atoms with Gasteiger partial charge >= 0.3 is 0 Å². The predicted octanol–water partition coefficient (Wildman–Crippen LogP) is 0.623. The van der Waals surface area contributed by atoms with Gasteiger partial charge in [0.15, 0.2) is 0 Å². The van der Waals surface area contributed by atoms with Crippen molar-refractivity contribution in [3.63, 3.8) is 0 Å². The van der Waals surface area contributed by atoms with E-state index in [9.17, 15) is 4.79 Å². The Hall–Kier alpha value is -0.610. The summed E-state index contributed by atoms with van der Waals surface area (Å²) in [6, 6.07) is -0.125. The Morgan fingerprint density at radius 1 is 1.50 bits per heavy atom. The van der Waals surface area contributed by atoms with Crippen LogP contribution in [0.15, 0.2) is 0 Å². The first-order chi connectivity index (χ1) is 7.77. The number of carbonyl (C=O) groups is 1. The Kier molecular flexibility index (Phi) is 4.18. The SMILES string of the molecule is CN(CCC1CCC1)C(=O)C1COCCN1. The minimum absolute atomic E-state index is 0.125. The van der Waals surface area contributed by atoms with Crippen LogP contribution in [-0.4, -0.2) is 50.2 Å². The maximum Gasteiger partial charge on any atom is 0.241 e. The van der Waals surface area contributed by atoms with Gasteiger partial charge in [0, 0.05) is 20.1 Å². The fourth-order valence-electron chi connectivity index (χ4n) is 2.26. The summed E-state index contributed by atoms with van der Waals surface area (Å²) in [5, 5.41) is 3.20. The van der Waals surface area contributed by atoms with Crippen LogP contribution in [0.25, 0.3) is 0 Å². The van der Waals surface area contributed by atoms with E-state index in [2.05, 4.69) is 5.32 Å². The summed E-state index contributed by atoms with van der Waals surface area (Å²) in [5.41, 5.74) is 0. The molecule has 2 fully saturated rings. The molecule has 0 aromatic carbocycles. The van der Waals surface area contributed by atoms with Crippen molar-refractivity contribution in [2.75, 3.05) is 33.4 Å². The third-order valence-corrected chi connectivity index (χ3v) is 3.69. The van der Waals surface area contributed by atoms with Crippen LogP contribution in [0.5, 0.6) is 0 Å². The van der Waals surface area contributed by atoms with E-state index in [1.807, 2.05) is 11.9 Å². The molecule has 2 aliphatic rings. The third-order valence-electron chi connectivity index (χ3n) is 3.69. The molecule has 1 aliphatic heterocycles. The Morgan fingerprint density at radius 2 is 2.31 bits per heavy atom. The number of hydrogen-bond acceptors (Lipinski definition) is 3. The number of carbonyl (C=O) groups excluding carboxylic acids is 1. The smallest absolute Gasteiger partial charge is 0.241 e. The van der Waals surface area contributed by atoms with Gasteiger partial charge in [0.2, 0.25) is 5.91 Å². The Morgan fingerprint density at radius 3 is 2.88 bits per heavy atom. The van der Waals surface area contributed by atoms with Crippen molar-refractivity contribution in [3.05, 3.63) is 0 Å². The van der Waals surface area contributed by atoms with Crippen LogP contribution in [0.3, 0.4) is 0 Å². The molecule has 0 radical (unpaired) electrons. The zero-order chi connectivity index (χ0) is 11.4. The monoisotopic (exact) mass is 226 g/mol. The van der Waals surface area contributed by atoms with Gasteiger partial charge in [-0.2, -0.15) is 0 Å². The number of hydrogen-bond donors (Lipinski definition) is 1. The minimum Gasteiger partial charge on any atom is -0.378 e. The normalized spacial score (nSPS) is 26.2. The maximum atomic E-state index is 12.0. The van der Waals surface area contributed by atoms with Crippen molar-refractivity contribution in [2.24, 2.45) is 5.92 Å². The van der Waals surface area contributed by atoms with E-state index in [-0.39, 0.29) is 11.9 Å². The van der Waals surface area contributed by atoms with Gasteiger partial charge in [0.05, 0.1) is 13.2 Å². The van der Waals surface area contributed by atoms with Gasteiger partial charge < -0.3 is 15.0 Å². The topological polar surface area (TPSA) is 41.6 Å². The second-order valence-electron chi connectivity index (χ2n) is 4.93. The van der Waals surface area contributed by atoms with Crippen molar-refractivity contribution >= 4 is 5.91 Å². The number of nitrogens with one attached hydrogen (secondary N) is 1. The van der Waals surface area contributed by atoms with E-state index in [1.54, 1.807) is 0 Å². The molecule has 0 aromatic heterocycles. The minimum atomic E-state index is -0.125. The van der Waals surface area contributed by atoms with Gasteiger partial charge in [-0.25, -0.2) is 0 Å². The van der Waals surface area contributed by atoms with E-state index in [1.165, 1.54) is 19.3 Å². The van der Waals surface area contributed by atoms with E-state index in [0.717, 1.165) is 32.0 Å². The van der Waals surface area contributed by atoms with Crippen LogP contribution in [0, 0.1) is 5.92 Å². The molecule has 0 bridgehead atoms. The van der Waals surface area contributed by atoms with E-state index < -0.39 is 0 Å². The molecule has 1 N–H and O–H groups in total. The van der Waals surface area contributed by atoms with Crippen LogP contribution >= 0.6 is 0 Å². The zero-order valence-corrected chi connectivity index (χ0v) is 10.1. The molecule has 1 heterocycles. The van der Waals surface area contributed by atoms with E-state index in [4.69, 9.17) is 4.74 Å². The van der Waals surface area contributed by atoms with Gasteiger partial charge in [0.1, 0.15) is 6.04 Å². The van der Waals surface area contributed by atoms with Crippen molar-refractivity contribution < 1.29 is 9.53 Å². The summed E-state index contributed by atoms with van der Waals surface area (Å²) in [4.78, 5) is 13.9. The first-order valence-corrected chi connectivity index (χ1v) is 6.33. The molecule has 4 heteroatoms. The van der Waals surface area contributed by atoms with Crippen molar-refractivity contribution in [1.29, 1.82) is 0 Å². The van der Waals surface area contributed by atoms with Crippen LogP contribution in [0.4, 0.5) is 0 Å². The average Bonchev–Trinajstić information content (AvgIpc) is 2.27. The number of morpholine rings is 1. The number of likely N-dealkylation sites (N-methyl/N-ethyl adjacent to an activating group) is 1. The fourth-order valence-corrected chi connectivity index (χ4v) is 2.26. The van der Waals surface area contributed by atoms with Crippen molar-refractivity contribution in [2.45, 2.75) is 31.7 Å². The molecule has 4 nitrogen and oxygen atoms in total. The molecule has 16 heavy (non-hydrogen) atoms. The Bertz CT molecular complexity index is 235. The Labute approximate surface area is 97.3 Å². The number of amides is 1.